The fourth-order valence-corrected chi connectivity index (χ4v) is 2.97. The number of thiazole rings is 1. The molecule has 2 aromatic heterocycles. The van der Waals surface area contributed by atoms with Crippen molar-refractivity contribution in [2.24, 2.45) is 0 Å². The fraction of sp³-hybridized carbons (Fsp3) is 0.214. The number of carbonyl (C=O) groups excluding carboxylic acids is 1. The average molecular weight is 304 g/mol. The largest absolute Gasteiger partial charge is 0.296 e. The SMILES string of the molecule is CCn1nc(C)cc1C(=O)Nc1nc2ccc(F)cc2s1. The molecule has 0 atom stereocenters. The molecule has 108 valence electrons. The van der Waals surface area contributed by atoms with Crippen molar-refractivity contribution in [1.82, 2.24) is 14.8 Å². The van der Waals surface area contributed by atoms with Gasteiger partial charge in [0, 0.05) is 6.54 Å². The molecule has 2 heterocycles. The van der Waals surface area contributed by atoms with Gasteiger partial charge in [0.25, 0.3) is 5.91 Å². The molecule has 21 heavy (non-hydrogen) atoms. The van der Waals surface area contributed by atoms with Crippen LogP contribution < -0.4 is 5.32 Å². The summed E-state index contributed by atoms with van der Waals surface area (Å²) in [6, 6.07) is 6.08. The first kappa shape index (κ1) is 13.7. The minimum Gasteiger partial charge on any atom is -0.296 e. The third-order valence-electron chi connectivity index (χ3n) is 3.01. The first-order chi connectivity index (χ1) is 10.1. The minimum absolute atomic E-state index is 0.267. The zero-order valence-corrected chi connectivity index (χ0v) is 12.4. The van der Waals surface area contributed by atoms with Crippen LogP contribution in [0.15, 0.2) is 24.3 Å². The van der Waals surface area contributed by atoms with Crippen LogP contribution >= 0.6 is 11.3 Å². The van der Waals surface area contributed by atoms with Gasteiger partial charge in [-0.1, -0.05) is 11.3 Å². The molecule has 7 heteroatoms. The Kier molecular flexibility index (Phi) is 3.42. The number of hydrogen-bond acceptors (Lipinski definition) is 4. The summed E-state index contributed by atoms with van der Waals surface area (Å²) >= 11 is 1.24. The fourth-order valence-electron chi connectivity index (χ4n) is 2.08. The molecule has 1 amide bonds. The van der Waals surface area contributed by atoms with Gasteiger partial charge in [-0.05, 0) is 38.1 Å². The molecule has 0 aliphatic rings. The predicted octanol–water partition coefficient (Wildman–Crippen LogP) is 3.21. The third kappa shape index (κ3) is 2.64. The molecule has 1 aromatic carbocycles. The molecule has 0 aliphatic heterocycles. The van der Waals surface area contributed by atoms with E-state index in [2.05, 4.69) is 15.4 Å². The maximum Gasteiger partial charge on any atom is 0.275 e. The molecule has 3 aromatic rings. The Bertz CT molecular complexity index is 824. The standard InChI is InChI=1S/C14H13FN4OS/c1-3-19-11(6-8(2)18-19)13(20)17-14-16-10-5-4-9(15)7-12(10)21-14/h4-7H,3H2,1-2H3,(H,16,17,20). The van der Waals surface area contributed by atoms with Gasteiger partial charge in [-0.3, -0.25) is 14.8 Å². The molecule has 0 spiro atoms. The van der Waals surface area contributed by atoms with E-state index in [-0.39, 0.29) is 11.7 Å². The monoisotopic (exact) mass is 304 g/mol. The number of rotatable bonds is 3. The van der Waals surface area contributed by atoms with E-state index in [0.717, 1.165) is 5.69 Å². The molecule has 0 aliphatic carbocycles. The number of hydrogen-bond donors (Lipinski definition) is 1. The van der Waals surface area contributed by atoms with Crippen molar-refractivity contribution in [2.45, 2.75) is 20.4 Å². The van der Waals surface area contributed by atoms with Crippen LogP contribution in [-0.2, 0) is 6.54 Å². The number of halogens is 1. The summed E-state index contributed by atoms with van der Waals surface area (Å²) in [5.41, 5.74) is 1.94. The molecule has 0 radical (unpaired) electrons. The van der Waals surface area contributed by atoms with E-state index in [4.69, 9.17) is 0 Å². The van der Waals surface area contributed by atoms with Crippen LogP contribution in [0.3, 0.4) is 0 Å². The second-order valence-electron chi connectivity index (χ2n) is 4.57. The van der Waals surface area contributed by atoms with E-state index in [1.54, 1.807) is 16.8 Å². The summed E-state index contributed by atoms with van der Waals surface area (Å²) in [5.74, 6) is -0.583. The average Bonchev–Trinajstić information content (AvgIpc) is 3.00. The van der Waals surface area contributed by atoms with Crippen LogP contribution in [0, 0.1) is 12.7 Å². The first-order valence-corrected chi connectivity index (χ1v) is 7.30. The number of nitrogens with zero attached hydrogens (tertiary/aromatic N) is 3. The summed E-state index contributed by atoms with van der Waals surface area (Å²) in [4.78, 5) is 16.5. The van der Waals surface area contributed by atoms with Crippen molar-refractivity contribution in [2.75, 3.05) is 5.32 Å². The van der Waals surface area contributed by atoms with E-state index >= 15 is 0 Å². The molecule has 5 nitrogen and oxygen atoms in total. The molecule has 0 saturated heterocycles. The summed E-state index contributed by atoms with van der Waals surface area (Å²) in [6.45, 7) is 4.37. The summed E-state index contributed by atoms with van der Waals surface area (Å²) in [6.07, 6.45) is 0. The van der Waals surface area contributed by atoms with E-state index < -0.39 is 0 Å². The number of benzene rings is 1. The minimum atomic E-state index is -0.316. The molecule has 0 unspecified atom stereocenters. The molecule has 3 rings (SSSR count). The van der Waals surface area contributed by atoms with Gasteiger partial charge in [0.1, 0.15) is 11.5 Å². The quantitative estimate of drug-likeness (QED) is 0.808. The van der Waals surface area contributed by atoms with Crippen LogP contribution in [0.5, 0.6) is 0 Å². The van der Waals surface area contributed by atoms with Gasteiger partial charge in [-0.2, -0.15) is 5.10 Å². The normalized spacial score (nSPS) is 11.0. The van der Waals surface area contributed by atoms with E-state index in [1.807, 2.05) is 13.8 Å². The Morgan fingerprint density at radius 3 is 3.00 bits per heavy atom. The van der Waals surface area contributed by atoms with Crippen LogP contribution in [0.1, 0.15) is 23.1 Å². The number of nitrogens with one attached hydrogen (secondary N) is 1. The smallest absolute Gasteiger partial charge is 0.275 e. The Morgan fingerprint density at radius 1 is 1.43 bits per heavy atom. The van der Waals surface area contributed by atoms with Gasteiger partial charge in [0.15, 0.2) is 5.13 Å². The topological polar surface area (TPSA) is 59.8 Å². The van der Waals surface area contributed by atoms with Crippen molar-refractivity contribution in [3.8, 4) is 0 Å². The second kappa shape index (κ2) is 5.25. The zero-order chi connectivity index (χ0) is 15.0. The van der Waals surface area contributed by atoms with Crippen molar-refractivity contribution in [3.63, 3.8) is 0 Å². The molecule has 0 saturated carbocycles. The van der Waals surface area contributed by atoms with Crippen LogP contribution in [0.4, 0.5) is 9.52 Å². The lowest BCUT2D eigenvalue weighted by Crippen LogP contribution is -2.17. The zero-order valence-electron chi connectivity index (χ0n) is 11.6. The van der Waals surface area contributed by atoms with Gasteiger partial charge in [-0.25, -0.2) is 9.37 Å². The highest BCUT2D eigenvalue weighted by atomic mass is 32.1. The van der Waals surface area contributed by atoms with E-state index in [0.29, 0.717) is 27.6 Å². The van der Waals surface area contributed by atoms with Crippen molar-refractivity contribution < 1.29 is 9.18 Å². The molecule has 0 bridgehead atoms. The lowest BCUT2D eigenvalue weighted by Gasteiger charge is -2.03. The number of fused-ring (bicyclic) bond motifs is 1. The van der Waals surface area contributed by atoms with Crippen molar-refractivity contribution in [1.29, 1.82) is 0 Å². The highest BCUT2D eigenvalue weighted by molar-refractivity contribution is 7.22. The van der Waals surface area contributed by atoms with Crippen LogP contribution in [0.2, 0.25) is 0 Å². The van der Waals surface area contributed by atoms with Crippen molar-refractivity contribution >= 4 is 32.6 Å². The summed E-state index contributed by atoms with van der Waals surface area (Å²) in [7, 11) is 0. The van der Waals surface area contributed by atoms with Gasteiger partial charge in [0.2, 0.25) is 0 Å². The highest BCUT2D eigenvalue weighted by Gasteiger charge is 2.15. The third-order valence-corrected chi connectivity index (χ3v) is 3.94. The van der Waals surface area contributed by atoms with Crippen molar-refractivity contribution in [3.05, 3.63) is 41.5 Å². The number of aromatic nitrogens is 3. The Balaban J connectivity index is 1.88. The van der Waals surface area contributed by atoms with Gasteiger partial charge in [0.05, 0.1) is 15.9 Å². The lowest BCUT2D eigenvalue weighted by molar-refractivity contribution is 0.101. The number of carbonyl (C=O) groups is 1. The molecule has 1 N–H and O–H groups in total. The maximum absolute atomic E-state index is 13.2. The van der Waals surface area contributed by atoms with Gasteiger partial charge in [-0.15, -0.1) is 0 Å². The predicted molar refractivity (Wildman–Crippen MR) is 80.2 cm³/mol. The summed E-state index contributed by atoms with van der Waals surface area (Å²) < 4.78 is 15.5. The Morgan fingerprint density at radius 2 is 2.24 bits per heavy atom. The second-order valence-corrected chi connectivity index (χ2v) is 5.60. The molecular formula is C14H13FN4OS. The van der Waals surface area contributed by atoms with E-state index in [1.165, 1.54) is 23.5 Å². The lowest BCUT2D eigenvalue weighted by atomic mass is 10.3. The van der Waals surface area contributed by atoms with E-state index in [9.17, 15) is 9.18 Å². The Labute approximate surface area is 124 Å². The molecule has 0 fully saturated rings. The number of amides is 1. The highest BCUT2D eigenvalue weighted by Crippen LogP contribution is 2.26. The first-order valence-electron chi connectivity index (χ1n) is 6.48. The number of anilines is 1. The van der Waals surface area contributed by atoms with Crippen LogP contribution in [-0.4, -0.2) is 20.7 Å². The summed E-state index contributed by atoms with van der Waals surface area (Å²) in [5, 5.41) is 7.42. The van der Waals surface area contributed by atoms with Crippen LogP contribution in [0.25, 0.3) is 10.2 Å². The van der Waals surface area contributed by atoms with Gasteiger partial charge >= 0.3 is 0 Å². The maximum atomic E-state index is 13.2. The number of aryl methyl sites for hydroxylation is 2. The van der Waals surface area contributed by atoms with Gasteiger partial charge < -0.3 is 0 Å². The Hall–Kier alpha value is -2.28. The molecular weight excluding hydrogens is 291 g/mol.